The first kappa shape index (κ1) is 46.1. The molecule has 12 aromatic carbocycles. The molecule has 0 amide bonds. The van der Waals surface area contributed by atoms with E-state index in [2.05, 4.69) is 255 Å². The topological polar surface area (TPSA) is 0 Å². The molecule has 0 aliphatic heterocycles. The van der Waals surface area contributed by atoms with Crippen LogP contribution in [-0.4, -0.2) is 0 Å². The second-order valence-electron chi connectivity index (χ2n) is 19.7. The van der Waals surface area contributed by atoms with Gasteiger partial charge in [-0.3, -0.25) is 0 Å². The molecule has 18 aromatic rings. The molecule has 366 valence electrons. The van der Waals surface area contributed by atoms with Gasteiger partial charge in [-0.15, -0.1) is 68.0 Å². The van der Waals surface area contributed by atoms with E-state index in [0.29, 0.717) is 0 Å². The summed E-state index contributed by atoms with van der Waals surface area (Å²) in [5, 5.41) is 16.4. The van der Waals surface area contributed by atoms with Crippen LogP contribution in [0.5, 0.6) is 0 Å². The normalized spacial score (nSPS) is 11.8. The summed E-state index contributed by atoms with van der Waals surface area (Å²) in [5.41, 5.74) is 8.02. The summed E-state index contributed by atoms with van der Waals surface area (Å²) in [6.07, 6.45) is 0. The minimum absolute atomic E-state index is 1.31. The van der Waals surface area contributed by atoms with Crippen LogP contribution >= 0.6 is 68.0 Å². The molecule has 0 aliphatic carbocycles. The fourth-order valence-electron chi connectivity index (χ4n) is 11.8. The average Bonchev–Trinajstić information content (AvgIpc) is 4.44. The molecule has 0 N–H and O–H groups in total. The lowest BCUT2D eigenvalue weighted by Crippen LogP contribution is -1.80. The maximum absolute atomic E-state index is 2.36. The molecule has 6 aromatic heterocycles. The van der Waals surface area contributed by atoms with E-state index < -0.39 is 0 Å². The lowest BCUT2D eigenvalue weighted by molar-refractivity contribution is 1.75. The third-order valence-electron chi connectivity index (χ3n) is 15.3. The Labute approximate surface area is 473 Å². The molecule has 0 saturated heterocycles. The minimum Gasteiger partial charge on any atom is -0.135 e. The molecule has 0 saturated carbocycles. The molecule has 6 heterocycles. The Hall–Kier alpha value is -8.04. The number of benzene rings is 12. The van der Waals surface area contributed by atoms with E-state index in [1.165, 1.54) is 154 Å². The lowest BCUT2D eigenvalue weighted by atomic mass is 9.98. The van der Waals surface area contributed by atoms with Gasteiger partial charge in [0.2, 0.25) is 0 Å². The number of thiophene rings is 6. The van der Waals surface area contributed by atoms with Gasteiger partial charge in [0.25, 0.3) is 0 Å². The second-order valence-corrected chi connectivity index (χ2v) is 26.1. The zero-order valence-electron chi connectivity index (χ0n) is 41.7. The van der Waals surface area contributed by atoms with E-state index in [0.717, 1.165) is 0 Å². The summed E-state index contributed by atoms with van der Waals surface area (Å²) < 4.78 is 16.4. The van der Waals surface area contributed by atoms with Crippen molar-refractivity contribution in [3.05, 3.63) is 255 Å². The van der Waals surface area contributed by atoms with Crippen molar-refractivity contribution < 1.29 is 0 Å². The van der Waals surface area contributed by atoms with Crippen LogP contribution in [0.3, 0.4) is 0 Å². The maximum Gasteiger partial charge on any atom is 0.0434 e. The van der Waals surface area contributed by atoms with Crippen molar-refractivity contribution in [2.24, 2.45) is 0 Å². The predicted molar refractivity (Wildman–Crippen MR) is 353 cm³/mol. The van der Waals surface area contributed by atoms with E-state index >= 15 is 0 Å². The van der Waals surface area contributed by atoms with Gasteiger partial charge >= 0.3 is 0 Å². The van der Waals surface area contributed by atoms with E-state index in [4.69, 9.17) is 0 Å². The fourth-order valence-corrected chi connectivity index (χ4v) is 18.9. The predicted octanol–water partition coefficient (Wildman–Crippen LogP) is 24.3. The van der Waals surface area contributed by atoms with Gasteiger partial charge in [0.1, 0.15) is 0 Å². The smallest absolute Gasteiger partial charge is 0.0434 e. The van der Waals surface area contributed by atoms with E-state index in [9.17, 15) is 0 Å². The highest BCUT2D eigenvalue weighted by molar-refractivity contribution is 7.28. The van der Waals surface area contributed by atoms with Crippen LogP contribution in [0.2, 0.25) is 0 Å². The summed E-state index contributed by atoms with van der Waals surface area (Å²) in [6.45, 7) is 0. The Kier molecular flexibility index (Phi) is 11.1. The largest absolute Gasteiger partial charge is 0.135 e. The molecule has 0 nitrogen and oxygen atoms in total. The van der Waals surface area contributed by atoms with Gasteiger partial charge in [-0.2, -0.15) is 0 Å². The molecular formula is C72H42S6. The van der Waals surface area contributed by atoms with Crippen LogP contribution in [0.1, 0.15) is 0 Å². The number of rotatable bonds is 3. The average molecular weight is 1100 g/mol. The first-order chi connectivity index (χ1) is 38.7. The zero-order valence-corrected chi connectivity index (χ0v) is 46.6. The fraction of sp³-hybridized carbons (Fsp3) is 0. The Morgan fingerprint density at radius 2 is 0.449 bits per heavy atom. The molecule has 18 rings (SSSR count). The van der Waals surface area contributed by atoms with Crippen molar-refractivity contribution in [3.63, 3.8) is 0 Å². The van der Waals surface area contributed by atoms with Crippen LogP contribution in [0.4, 0.5) is 0 Å². The monoisotopic (exact) mass is 1100 g/mol. The van der Waals surface area contributed by atoms with Crippen LogP contribution in [0.25, 0.3) is 154 Å². The lowest BCUT2D eigenvalue weighted by Gasteiger charge is -2.06. The molecule has 0 radical (unpaired) electrons. The molecular weight excluding hydrogens is 1060 g/mol. The van der Waals surface area contributed by atoms with Gasteiger partial charge in [-0.1, -0.05) is 200 Å². The van der Waals surface area contributed by atoms with Gasteiger partial charge in [0, 0.05) is 132 Å². The Balaban J connectivity index is 0.0000000978. The third kappa shape index (κ3) is 7.55. The van der Waals surface area contributed by atoms with Crippen molar-refractivity contribution >= 4 is 189 Å². The number of hydrogen-bond donors (Lipinski definition) is 0. The maximum atomic E-state index is 2.36. The summed E-state index contributed by atoms with van der Waals surface area (Å²) in [6, 6.07) is 92.8. The summed E-state index contributed by atoms with van der Waals surface area (Å²) in [5.74, 6) is 0. The van der Waals surface area contributed by atoms with Crippen molar-refractivity contribution in [1.29, 1.82) is 0 Å². The quantitative estimate of drug-likeness (QED) is 0.165. The molecule has 0 spiro atoms. The SMILES string of the molecule is c1ccc2c(c1)sc1c(-c3cccc4sc5ccccc5c34)cccc12.c1ccc2c(c1)sc1c(-c3cccc4sc5ccccc5c34)cccc12.c1ccc2c(c1)sc1cc(-c3cccc4c3sc3ccccc34)ccc12. The summed E-state index contributed by atoms with van der Waals surface area (Å²) >= 11 is 11.4. The highest BCUT2D eigenvalue weighted by atomic mass is 32.1. The van der Waals surface area contributed by atoms with Crippen molar-refractivity contribution in [2.45, 2.75) is 0 Å². The second kappa shape index (κ2) is 18.9. The van der Waals surface area contributed by atoms with Crippen molar-refractivity contribution in [1.82, 2.24) is 0 Å². The van der Waals surface area contributed by atoms with E-state index in [-0.39, 0.29) is 0 Å². The molecule has 0 fully saturated rings. The van der Waals surface area contributed by atoms with Crippen molar-refractivity contribution in [3.8, 4) is 33.4 Å². The third-order valence-corrected chi connectivity index (χ3v) is 22.4. The van der Waals surface area contributed by atoms with Crippen LogP contribution in [0.15, 0.2) is 255 Å². The molecule has 0 aliphatic rings. The molecule has 0 unspecified atom stereocenters. The van der Waals surface area contributed by atoms with Crippen molar-refractivity contribution in [2.75, 3.05) is 0 Å². The van der Waals surface area contributed by atoms with Gasteiger partial charge in [-0.05, 0) is 76.9 Å². The van der Waals surface area contributed by atoms with E-state index in [1.54, 1.807) is 0 Å². The summed E-state index contributed by atoms with van der Waals surface area (Å²) in [7, 11) is 0. The first-order valence-electron chi connectivity index (χ1n) is 26.1. The Morgan fingerprint density at radius 1 is 0.167 bits per heavy atom. The minimum atomic E-state index is 1.31. The molecule has 6 heteroatoms. The highest BCUT2D eigenvalue weighted by Gasteiger charge is 2.18. The summed E-state index contributed by atoms with van der Waals surface area (Å²) in [4.78, 5) is 0. The van der Waals surface area contributed by atoms with Crippen LogP contribution in [-0.2, 0) is 0 Å². The van der Waals surface area contributed by atoms with Crippen LogP contribution in [0, 0.1) is 0 Å². The van der Waals surface area contributed by atoms with Gasteiger partial charge < -0.3 is 0 Å². The standard InChI is InChI=1S/3C24H14S2/c2*1-3-12-20-15(7-1)17-10-5-11-18(24(17)26-20)16-9-6-14-22-23(16)19-8-2-4-13-21(19)25-22;1-3-10-21-17(6-1)19-13-12-15(14-23(19)25-21)16-8-5-9-20-18-7-2-4-11-22(18)26-24(16)20/h3*1-14H. The van der Waals surface area contributed by atoms with Gasteiger partial charge in [0.05, 0.1) is 0 Å². The first-order valence-corrected chi connectivity index (χ1v) is 31.0. The Morgan fingerprint density at radius 3 is 0.897 bits per heavy atom. The van der Waals surface area contributed by atoms with Gasteiger partial charge in [-0.25, -0.2) is 0 Å². The Bertz CT molecular complexity index is 5140. The molecule has 0 atom stereocenters. The molecule has 0 bridgehead atoms. The molecule has 78 heavy (non-hydrogen) atoms. The number of hydrogen-bond acceptors (Lipinski definition) is 6. The highest BCUT2D eigenvalue weighted by Crippen LogP contribution is 2.48. The van der Waals surface area contributed by atoms with E-state index in [1.807, 2.05) is 68.0 Å². The van der Waals surface area contributed by atoms with Crippen LogP contribution < -0.4 is 0 Å². The van der Waals surface area contributed by atoms with Gasteiger partial charge in [0.15, 0.2) is 0 Å². The number of fused-ring (bicyclic) bond motifs is 18. The zero-order chi connectivity index (χ0) is 51.3.